The molecule has 0 aliphatic carbocycles. The Hall–Kier alpha value is -0.610. The number of rotatable bonds is 6. The van der Waals surface area contributed by atoms with E-state index in [-0.39, 0.29) is 6.04 Å². The smallest absolute Gasteiger partial charge is 0.324 e. The van der Waals surface area contributed by atoms with Crippen molar-refractivity contribution in [3.63, 3.8) is 0 Å². The molecule has 1 aliphatic heterocycles. The van der Waals surface area contributed by atoms with Crippen molar-refractivity contribution in [3.05, 3.63) is 0 Å². The molecule has 2 atom stereocenters. The van der Waals surface area contributed by atoms with Gasteiger partial charge in [-0.15, -0.1) is 0 Å². The average Bonchev–Trinajstić information content (AvgIpc) is 2.53. The molecule has 4 heteroatoms. The number of likely N-dealkylation sites (tertiary alicyclic amines) is 1. The number of hydrogen-bond acceptors (Lipinski definition) is 3. The fourth-order valence-electron chi connectivity index (χ4n) is 3.27. The van der Waals surface area contributed by atoms with Gasteiger partial charge in [0, 0.05) is 12.6 Å². The zero-order chi connectivity index (χ0) is 15.3. The summed E-state index contributed by atoms with van der Waals surface area (Å²) in [5.41, 5.74) is -0.855. The maximum Gasteiger partial charge on any atom is 0.324 e. The Morgan fingerprint density at radius 2 is 1.95 bits per heavy atom. The van der Waals surface area contributed by atoms with E-state index in [1.807, 2.05) is 13.8 Å². The summed E-state index contributed by atoms with van der Waals surface area (Å²) < 4.78 is 0. The highest BCUT2D eigenvalue weighted by Crippen LogP contribution is 2.25. The Morgan fingerprint density at radius 1 is 1.30 bits per heavy atom. The largest absolute Gasteiger partial charge is 0.480 e. The van der Waals surface area contributed by atoms with Gasteiger partial charge in [0.25, 0.3) is 0 Å². The average molecular weight is 284 g/mol. The van der Waals surface area contributed by atoms with Gasteiger partial charge in [-0.2, -0.15) is 0 Å². The van der Waals surface area contributed by atoms with Gasteiger partial charge in [-0.3, -0.25) is 10.1 Å². The van der Waals surface area contributed by atoms with Crippen molar-refractivity contribution in [2.45, 2.75) is 65.5 Å². The number of hydrogen-bond donors (Lipinski definition) is 2. The van der Waals surface area contributed by atoms with Gasteiger partial charge in [-0.1, -0.05) is 13.8 Å². The van der Waals surface area contributed by atoms with Gasteiger partial charge in [0.15, 0.2) is 0 Å². The number of nitrogens with one attached hydrogen (secondary N) is 1. The van der Waals surface area contributed by atoms with Crippen LogP contribution in [0, 0.1) is 11.8 Å². The summed E-state index contributed by atoms with van der Waals surface area (Å²) in [6.07, 6.45) is 3.64. The maximum atomic E-state index is 11.6. The third-order valence-electron chi connectivity index (χ3n) is 4.43. The summed E-state index contributed by atoms with van der Waals surface area (Å²) in [5, 5.41) is 12.7. The Bertz CT molecular complexity index is 318. The van der Waals surface area contributed by atoms with Crippen LogP contribution in [0.3, 0.4) is 0 Å². The molecule has 1 aliphatic rings. The van der Waals surface area contributed by atoms with E-state index >= 15 is 0 Å². The Kier molecular flexibility index (Phi) is 6.46. The summed E-state index contributed by atoms with van der Waals surface area (Å²) in [4.78, 5) is 13.9. The lowest BCUT2D eigenvalue weighted by Crippen LogP contribution is -2.59. The first-order valence-corrected chi connectivity index (χ1v) is 7.98. The summed E-state index contributed by atoms with van der Waals surface area (Å²) in [7, 11) is 0. The quantitative estimate of drug-likeness (QED) is 0.787. The van der Waals surface area contributed by atoms with Crippen molar-refractivity contribution < 1.29 is 9.90 Å². The predicted octanol–water partition coefficient (Wildman–Crippen LogP) is 2.59. The lowest BCUT2D eigenvalue weighted by atomic mass is 9.89. The lowest BCUT2D eigenvalue weighted by Gasteiger charge is -2.34. The molecule has 0 amide bonds. The van der Waals surface area contributed by atoms with Crippen LogP contribution in [-0.4, -0.2) is 47.2 Å². The van der Waals surface area contributed by atoms with Crippen LogP contribution in [0.5, 0.6) is 0 Å². The van der Waals surface area contributed by atoms with Gasteiger partial charge in [-0.05, 0) is 65.0 Å². The maximum absolute atomic E-state index is 11.6. The molecule has 1 rings (SSSR count). The number of aliphatic carboxylic acids is 1. The SMILES string of the molecule is CC(C)NC(C)(CN1CCCC(C(C)C)CC1)C(=O)O. The molecule has 2 unspecified atom stereocenters. The van der Waals surface area contributed by atoms with Crippen LogP contribution >= 0.6 is 0 Å². The van der Waals surface area contributed by atoms with Crippen LogP contribution in [0.1, 0.15) is 53.9 Å². The summed E-state index contributed by atoms with van der Waals surface area (Å²) in [6.45, 7) is 13.0. The van der Waals surface area contributed by atoms with Crippen LogP contribution in [0.2, 0.25) is 0 Å². The zero-order valence-electron chi connectivity index (χ0n) is 13.8. The Morgan fingerprint density at radius 3 is 2.45 bits per heavy atom. The highest BCUT2D eigenvalue weighted by molar-refractivity contribution is 5.78. The van der Waals surface area contributed by atoms with Gasteiger partial charge < -0.3 is 10.0 Å². The molecule has 0 aromatic carbocycles. The predicted molar refractivity (Wildman–Crippen MR) is 82.9 cm³/mol. The normalized spacial score (nSPS) is 24.6. The van der Waals surface area contributed by atoms with Crippen molar-refractivity contribution in [1.82, 2.24) is 10.2 Å². The van der Waals surface area contributed by atoms with Crippen molar-refractivity contribution in [1.29, 1.82) is 0 Å². The highest BCUT2D eigenvalue weighted by Gasteiger charge is 2.36. The minimum absolute atomic E-state index is 0.173. The van der Waals surface area contributed by atoms with E-state index in [1.165, 1.54) is 19.3 Å². The Labute approximate surface area is 123 Å². The molecule has 0 aromatic heterocycles. The van der Waals surface area contributed by atoms with Crippen molar-refractivity contribution >= 4 is 5.97 Å². The molecule has 0 radical (unpaired) electrons. The lowest BCUT2D eigenvalue weighted by molar-refractivity contribution is -0.145. The number of nitrogens with zero attached hydrogens (tertiary/aromatic N) is 1. The van der Waals surface area contributed by atoms with Crippen LogP contribution in [-0.2, 0) is 4.79 Å². The molecule has 118 valence electrons. The number of carboxylic acids is 1. The molecule has 1 saturated heterocycles. The van der Waals surface area contributed by atoms with E-state index in [2.05, 4.69) is 24.1 Å². The van der Waals surface area contributed by atoms with Gasteiger partial charge in [-0.25, -0.2) is 0 Å². The fraction of sp³-hybridized carbons (Fsp3) is 0.938. The molecule has 2 N–H and O–H groups in total. The minimum Gasteiger partial charge on any atom is -0.480 e. The van der Waals surface area contributed by atoms with E-state index in [0.29, 0.717) is 6.54 Å². The molecule has 0 saturated carbocycles. The van der Waals surface area contributed by atoms with E-state index < -0.39 is 11.5 Å². The van der Waals surface area contributed by atoms with E-state index in [0.717, 1.165) is 24.9 Å². The molecule has 0 aromatic rings. The monoisotopic (exact) mass is 284 g/mol. The van der Waals surface area contributed by atoms with Crippen LogP contribution in [0.15, 0.2) is 0 Å². The van der Waals surface area contributed by atoms with Gasteiger partial charge in [0.05, 0.1) is 0 Å². The first-order chi connectivity index (χ1) is 9.24. The number of carboxylic acid groups (broad SMARTS) is 1. The Balaban J connectivity index is 2.63. The molecular weight excluding hydrogens is 252 g/mol. The van der Waals surface area contributed by atoms with E-state index in [9.17, 15) is 9.90 Å². The molecule has 20 heavy (non-hydrogen) atoms. The third-order valence-corrected chi connectivity index (χ3v) is 4.43. The standard InChI is InChI=1S/C16H32N2O2/c1-12(2)14-7-6-9-18(10-8-14)11-16(5,15(19)20)17-13(3)4/h12-14,17H,6-11H2,1-5H3,(H,19,20). The summed E-state index contributed by atoms with van der Waals surface area (Å²) in [5.74, 6) is 0.764. The fourth-order valence-corrected chi connectivity index (χ4v) is 3.27. The molecular formula is C16H32N2O2. The van der Waals surface area contributed by atoms with Crippen molar-refractivity contribution in [2.24, 2.45) is 11.8 Å². The summed E-state index contributed by atoms with van der Waals surface area (Å²) in [6, 6.07) is 0.173. The minimum atomic E-state index is -0.855. The molecule has 0 bridgehead atoms. The molecule has 1 fully saturated rings. The summed E-state index contributed by atoms with van der Waals surface area (Å²) >= 11 is 0. The molecule has 1 heterocycles. The molecule has 0 spiro atoms. The van der Waals surface area contributed by atoms with Crippen LogP contribution in [0.25, 0.3) is 0 Å². The van der Waals surface area contributed by atoms with Crippen LogP contribution < -0.4 is 5.32 Å². The van der Waals surface area contributed by atoms with Crippen molar-refractivity contribution in [3.8, 4) is 0 Å². The van der Waals surface area contributed by atoms with Gasteiger partial charge in [0.2, 0.25) is 0 Å². The first kappa shape index (κ1) is 17.4. The first-order valence-electron chi connectivity index (χ1n) is 7.98. The van der Waals surface area contributed by atoms with Gasteiger partial charge >= 0.3 is 5.97 Å². The van der Waals surface area contributed by atoms with E-state index in [4.69, 9.17) is 0 Å². The highest BCUT2D eigenvalue weighted by atomic mass is 16.4. The second-order valence-corrected chi connectivity index (χ2v) is 7.15. The zero-order valence-corrected chi connectivity index (χ0v) is 13.8. The van der Waals surface area contributed by atoms with Crippen LogP contribution in [0.4, 0.5) is 0 Å². The molecule has 4 nitrogen and oxygen atoms in total. The second-order valence-electron chi connectivity index (χ2n) is 7.15. The topological polar surface area (TPSA) is 52.6 Å². The van der Waals surface area contributed by atoms with Crippen molar-refractivity contribution in [2.75, 3.05) is 19.6 Å². The van der Waals surface area contributed by atoms with Gasteiger partial charge in [0.1, 0.15) is 5.54 Å². The number of carbonyl (C=O) groups is 1. The van der Waals surface area contributed by atoms with E-state index in [1.54, 1.807) is 6.92 Å². The second kappa shape index (κ2) is 7.41. The third kappa shape index (κ3) is 5.06.